The zero-order valence-electron chi connectivity index (χ0n) is 13.3. The van der Waals surface area contributed by atoms with Gasteiger partial charge in [0.05, 0.1) is 0 Å². The lowest BCUT2D eigenvalue weighted by molar-refractivity contribution is 0.553. The van der Waals surface area contributed by atoms with E-state index in [2.05, 4.69) is 85.5 Å². The first-order valence-corrected chi connectivity index (χ1v) is 8.28. The Kier molecular flexibility index (Phi) is 5.60. The Morgan fingerprint density at radius 3 is 2.19 bits per heavy atom. The highest BCUT2D eigenvalue weighted by molar-refractivity contribution is 9.10. The minimum atomic E-state index is 0.448. The van der Waals surface area contributed by atoms with Crippen LogP contribution in [0.2, 0.25) is 0 Å². The molecule has 1 N–H and O–H groups in total. The molecule has 21 heavy (non-hydrogen) atoms. The number of hydrogen-bond donors (Lipinski definition) is 1. The average molecular weight is 346 g/mol. The molecule has 0 aliphatic heterocycles. The van der Waals surface area contributed by atoms with Gasteiger partial charge in [0.2, 0.25) is 0 Å². The third-order valence-corrected chi connectivity index (χ3v) is 4.90. The predicted molar refractivity (Wildman–Crippen MR) is 95.1 cm³/mol. The van der Waals surface area contributed by atoms with Crippen LogP contribution in [0, 0.1) is 20.8 Å². The Bertz CT molecular complexity index is 596. The molecule has 1 nitrogen and oxygen atoms in total. The molecule has 2 aromatic rings. The maximum Gasteiger partial charge on any atom is 0.0207 e. The summed E-state index contributed by atoms with van der Waals surface area (Å²) < 4.78 is 1.20. The molecule has 1 atom stereocenters. The number of rotatable bonds is 5. The minimum Gasteiger partial charge on any atom is -0.316 e. The monoisotopic (exact) mass is 345 g/mol. The highest BCUT2D eigenvalue weighted by atomic mass is 79.9. The van der Waals surface area contributed by atoms with Crippen molar-refractivity contribution in [3.63, 3.8) is 0 Å². The number of halogens is 1. The van der Waals surface area contributed by atoms with Gasteiger partial charge in [0.1, 0.15) is 0 Å². The maximum absolute atomic E-state index is 3.65. The SMILES string of the molecule is CNC(Cc1ccccc1Br)Cc1c(C)cc(C)cc1C. The molecule has 0 saturated heterocycles. The summed E-state index contributed by atoms with van der Waals surface area (Å²) in [5, 5.41) is 3.47. The molecule has 1 unspecified atom stereocenters. The van der Waals surface area contributed by atoms with Gasteiger partial charge < -0.3 is 5.32 Å². The fourth-order valence-electron chi connectivity index (χ4n) is 2.98. The van der Waals surface area contributed by atoms with Crippen LogP contribution in [0.15, 0.2) is 40.9 Å². The van der Waals surface area contributed by atoms with Crippen LogP contribution in [-0.2, 0) is 12.8 Å². The highest BCUT2D eigenvalue weighted by Crippen LogP contribution is 2.22. The Labute approximate surface area is 136 Å². The Morgan fingerprint density at radius 2 is 1.62 bits per heavy atom. The number of hydrogen-bond acceptors (Lipinski definition) is 1. The second-order valence-corrected chi connectivity index (χ2v) is 6.72. The lowest BCUT2D eigenvalue weighted by Crippen LogP contribution is -2.30. The van der Waals surface area contributed by atoms with Crippen LogP contribution >= 0.6 is 15.9 Å². The molecule has 2 aromatic carbocycles. The third-order valence-electron chi connectivity index (χ3n) is 4.12. The van der Waals surface area contributed by atoms with Crippen molar-refractivity contribution >= 4 is 15.9 Å². The van der Waals surface area contributed by atoms with E-state index in [4.69, 9.17) is 0 Å². The summed E-state index contributed by atoms with van der Waals surface area (Å²) in [4.78, 5) is 0. The molecule has 0 fully saturated rings. The maximum atomic E-state index is 3.65. The van der Waals surface area contributed by atoms with E-state index >= 15 is 0 Å². The van der Waals surface area contributed by atoms with E-state index in [1.165, 1.54) is 32.3 Å². The molecule has 0 aliphatic carbocycles. The van der Waals surface area contributed by atoms with Gasteiger partial charge >= 0.3 is 0 Å². The van der Waals surface area contributed by atoms with Gasteiger partial charge in [-0.3, -0.25) is 0 Å². The van der Waals surface area contributed by atoms with E-state index in [0.717, 1.165) is 12.8 Å². The van der Waals surface area contributed by atoms with Gasteiger partial charge in [-0.2, -0.15) is 0 Å². The summed E-state index contributed by atoms with van der Waals surface area (Å²) in [5.74, 6) is 0. The Hall–Kier alpha value is -1.12. The molecule has 0 amide bonds. The summed E-state index contributed by atoms with van der Waals surface area (Å²) in [6.07, 6.45) is 2.10. The van der Waals surface area contributed by atoms with Crippen molar-refractivity contribution in [1.29, 1.82) is 0 Å². The molecule has 2 heteroatoms. The quantitative estimate of drug-likeness (QED) is 0.824. The van der Waals surface area contributed by atoms with Crippen molar-refractivity contribution in [2.75, 3.05) is 7.05 Å². The largest absolute Gasteiger partial charge is 0.316 e. The van der Waals surface area contributed by atoms with Crippen LogP contribution in [0.3, 0.4) is 0 Å². The van der Waals surface area contributed by atoms with Crippen LogP contribution in [0.1, 0.15) is 27.8 Å². The zero-order chi connectivity index (χ0) is 15.4. The predicted octanol–water partition coefficient (Wildman–Crippen LogP) is 4.75. The van der Waals surface area contributed by atoms with Crippen molar-refractivity contribution in [2.24, 2.45) is 0 Å². The van der Waals surface area contributed by atoms with Crippen LogP contribution < -0.4 is 5.32 Å². The van der Waals surface area contributed by atoms with Gasteiger partial charge in [-0.1, -0.05) is 51.8 Å². The van der Waals surface area contributed by atoms with E-state index in [1.54, 1.807) is 0 Å². The Morgan fingerprint density at radius 1 is 1.00 bits per heavy atom. The molecule has 0 aromatic heterocycles. The van der Waals surface area contributed by atoms with E-state index in [0.29, 0.717) is 6.04 Å². The fourth-order valence-corrected chi connectivity index (χ4v) is 3.43. The van der Waals surface area contributed by atoms with Gasteiger partial charge in [0, 0.05) is 10.5 Å². The molecule has 0 aliphatic rings. The number of likely N-dealkylation sites (N-methyl/N-ethyl adjacent to an activating group) is 1. The molecule has 0 heterocycles. The van der Waals surface area contributed by atoms with Crippen molar-refractivity contribution in [3.8, 4) is 0 Å². The van der Waals surface area contributed by atoms with Gasteiger partial charge in [-0.25, -0.2) is 0 Å². The normalized spacial score (nSPS) is 12.4. The molecule has 0 radical (unpaired) electrons. The van der Waals surface area contributed by atoms with E-state index in [9.17, 15) is 0 Å². The standard InChI is InChI=1S/C19H24BrN/c1-13-9-14(2)18(15(3)10-13)12-17(21-4)11-16-7-5-6-8-19(16)20/h5-10,17,21H,11-12H2,1-4H3. The summed E-state index contributed by atoms with van der Waals surface area (Å²) >= 11 is 3.65. The zero-order valence-corrected chi connectivity index (χ0v) is 14.9. The van der Waals surface area contributed by atoms with E-state index < -0.39 is 0 Å². The van der Waals surface area contributed by atoms with Crippen molar-refractivity contribution < 1.29 is 0 Å². The summed E-state index contributed by atoms with van der Waals surface area (Å²) in [6, 6.07) is 13.5. The summed E-state index contributed by atoms with van der Waals surface area (Å²) in [5.41, 5.74) is 6.99. The number of aryl methyl sites for hydroxylation is 3. The smallest absolute Gasteiger partial charge is 0.0207 e. The minimum absolute atomic E-state index is 0.448. The van der Waals surface area contributed by atoms with Crippen molar-refractivity contribution in [3.05, 3.63) is 68.7 Å². The molecule has 2 rings (SSSR count). The second kappa shape index (κ2) is 7.24. The first-order valence-electron chi connectivity index (χ1n) is 7.48. The van der Waals surface area contributed by atoms with Crippen LogP contribution in [0.25, 0.3) is 0 Å². The van der Waals surface area contributed by atoms with Crippen molar-refractivity contribution in [2.45, 2.75) is 39.7 Å². The van der Waals surface area contributed by atoms with Crippen LogP contribution in [0.5, 0.6) is 0 Å². The van der Waals surface area contributed by atoms with E-state index in [-0.39, 0.29) is 0 Å². The van der Waals surface area contributed by atoms with Gasteiger partial charge in [0.25, 0.3) is 0 Å². The van der Waals surface area contributed by atoms with E-state index in [1.807, 2.05) is 0 Å². The Balaban J connectivity index is 2.19. The van der Waals surface area contributed by atoms with Crippen LogP contribution in [-0.4, -0.2) is 13.1 Å². The number of benzene rings is 2. The lowest BCUT2D eigenvalue weighted by atomic mass is 9.92. The average Bonchev–Trinajstić information content (AvgIpc) is 2.43. The number of nitrogens with one attached hydrogen (secondary N) is 1. The topological polar surface area (TPSA) is 12.0 Å². The molecule has 0 bridgehead atoms. The molecule has 0 saturated carbocycles. The molecule has 112 valence electrons. The molecular formula is C19H24BrN. The van der Waals surface area contributed by atoms with Gasteiger partial charge in [-0.15, -0.1) is 0 Å². The van der Waals surface area contributed by atoms with Gasteiger partial charge in [-0.05, 0) is 69.0 Å². The molecule has 0 spiro atoms. The highest BCUT2D eigenvalue weighted by Gasteiger charge is 2.13. The molecular weight excluding hydrogens is 322 g/mol. The second-order valence-electron chi connectivity index (χ2n) is 5.86. The summed E-state index contributed by atoms with van der Waals surface area (Å²) in [6.45, 7) is 6.61. The summed E-state index contributed by atoms with van der Waals surface area (Å²) in [7, 11) is 2.06. The van der Waals surface area contributed by atoms with Crippen molar-refractivity contribution in [1.82, 2.24) is 5.32 Å². The fraction of sp³-hybridized carbons (Fsp3) is 0.368. The first kappa shape index (κ1) is 16.3. The first-order chi connectivity index (χ1) is 10.0. The van der Waals surface area contributed by atoms with Crippen LogP contribution in [0.4, 0.5) is 0 Å². The van der Waals surface area contributed by atoms with Gasteiger partial charge in [0.15, 0.2) is 0 Å². The lowest BCUT2D eigenvalue weighted by Gasteiger charge is -2.20. The third kappa shape index (κ3) is 4.18.